The molecule has 0 spiro atoms. The first-order valence-electron chi connectivity index (χ1n) is 7.64. The second-order valence-corrected chi connectivity index (χ2v) is 5.98. The lowest BCUT2D eigenvalue weighted by Crippen LogP contribution is -2.47. The molecule has 20 heavy (non-hydrogen) atoms. The van der Waals surface area contributed by atoms with E-state index in [1.165, 1.54) is 7.11 Å². The summed E-state index contributed by atoms with van der Waals surface area (Å²) in [6, 6.07) is -0.119. The Morgan fingerprint density at radius 1 is 1.05 bits per heavy atom. The number of alkyl halides is 1. The smallest absolute Gasteiger partial charge is 0.310 e. The van der Waals surface area contributed by atoms with E-state index in [0.717, 1.165) is 25.7 Å². The summed E-state index contributed by atoms with van der Waals surface area (Å²) in [5.74, 6) is -0.572. The van der Waals surface area contributed by atoms with E-state index in [9.17, 15) is 14.0 Å². The van der Waals surface area contributed by atoms with E-state index >= 15 is 0 Å². The van der Waals surface area contributed by atoms with Crippen molar-refractivity contribution in [1.82, 2.24) is 5.32 Å². The van der Waals surface area contributed by atoms with Crippen LogP contribution in [0.25, 0.3) is 0 Å². The minimum absolute atomic E-state index is 0.0160. The second-order valence-electron chi connectivity index (χ2n) is 5.98. The molecular formula is C15H24FNO3. The first-order valence-corrected chi connectivity index (χ1v) is 7.64. The average molecular weight is 285 g/mol. The normalized spacial score (nSPS) is 34.3. The summed E-state index contributed by atoms with van der Waals surface area (Å²) in [5, 5.41) is 3.01. The highest BCUT2D eigenvalue weighted by Gasteiger charge is 2.34. The number of nitrogens with one attached hydrogen (secondary N) is 1. The van der Waals surface area contributed by atoms with E-state index in [0.29, 0.717) is 25.7 Å². The maximum Gasteiger partial charge on any atom is 0.310 e. The Morgan fingerprint density at radius 2 is 1.70 bits per heavy atom. The summed E-state index contributed by atoms with van der Waals surface area (Å²) < 4.78 is 17.9. The van der Waals surface area contributed by atoms with E-state index in [4.69, 9.17) is 4.74 Å². The third-order valence-electron chi connectivity index (χ3n) is 4.63. The molecule has 2 unspecified atom stereocenters. The third-order valence-corrected chi connectivity index (χ3v) is 4.63. The van der Waals surface area contributed by atoms with E-state index in [2.05, 4.69) is 5.32 Å². The predicted molar refractivity (Wildman–Crippen MR) is 72.8 cm³/mol. The fraction of sp³-hybridized carbons (Fsp3) is 0.867. The highest BCUT2D eigenvalue weighted by Crippen LogP contribution is 2.29. The summed E-state index contributed by atoms with van der Waals surface area (Å²) in [6.07, 6.45) is 5.04. The number of esters is 1. The van der Waals surface area contributed by atoms with Gasteiger partial charge in [0.25, 0.3) is 0 Å². The lowest BCUT2D eigenvalue weighted by molar-refractivity contribution is -0.148. The van der Waals surface area contributed by atoms with Crippen LogP contribution in [0.1, 0.15) is 51.4 Å². The standard InChI is InChI=1S/C15H24FNO3/c1-20-15(19)12-4-2-3-5-13(12)17-14(18)10-6-8-11(16)9-7-10/h10-13H,2-9H2,1H3,(H,17,18). The van der Waals surface area contributed by atoms with E-state index in [1.807, 2.05) is 0 Å². The zero-order valence-corrected chi connectivity index (χ0v) is 12.1. The maximum absolute atomic E-state index is 13.1. The van der Waals surface area contributed by atoms with Crippen molar-refractivity contribution < 1.29 is 18.7 Å². The molecule has 2 aliphatic rings. The number of rotatable bonds is 3. The van der Waals surface area contributed by atoms with Gasteiger partial charge in [-0.3, -0.25) is 9.59 Å². The molecule has 2 saturated carbocycles. The molecule has 0 aliphatic heterocycles. The van der Waals surface area contributed by atoms with Gasteiger partial charge in [-0.1, -0.05) is 12.8 Å². The third kappa shape index (κ3) is 3.70. The minimum Gasteiger partial charge on any atom is -0.469 e. The molecule has 4 nitrogen and oxygen atoms in total. The van der Waals surface area contributed by atoms with Gasteiger partial charge in [0.1, 0.15) is 6.17 Å². The lowest BCUT2D eigenvalue weighted by atomic mass is 9.83. The lowest BCUT2D eigenvalue weighted by Gasteiger charge is -2.32. The number of carbonyl (C=O) groups is 2. The number of amides is 1. The highest BCUT2D eigenvalue weighted by molar-refractivity contribution is 5.80. The fourth-order valence-corrected chi connectivity index (χ4v) is 3.35. The fourth-order valence-electron chi connectivity index (χ4n) is 3.35. The Bertz CT molecular complexity index is 353. The molecule has 0 heterocycles. The number of methoxy groups -OCH3 is 1. The topological polar surface area (TPSA) is 55.4 Å². The Balaban J connectivity index is 1.89. The van der Waals surface area contributed by atoms with Gasteiger partial charge in [0.2, 0.25) is 5.91 Å². The number of halogens is 1. The van der Waals surface area contributed by atoms with Crippen molar-refractivity contribution in [3.05, 3.63) is 0 Å². The maximum atomic E-state index is 13.1. The number of hydrogen-bond acceptors (Lipinski definition) is 3. The van der Waals surface area contributed by atoms with Crippen molar-refractivity contribution in [1.29, 1.82) is 0 Å². The van der Waals surface area contributed by atoms with Crippen LogP contribution in [0.15, 0.2) is 0 Å². The zero-order valence-electron chi connectivity index (χ0n) is 12.1. The number of hydrogen-bond donors (Lipinski definition) is 1. The van der Waals surface area contributed by atoms with Gasteiger partial charge < -0.3 is 10.1 Å². The molecule has 1 amide bonds. The Labute approximate surface area is 119 Å². The Hall–Kier alpha value is -1.13. The van der Waals surface area contributed by atoms with Crippen molar-refractivity contribution in [2.75, 3.05) is 7.11 Å². The van der Waals surface area contributed by atoms with Crippen LogP contribution >= 0.6 is 0 Å². The van der Waals surface area contributed by atoms with Crippen LogP contribution in [-0.2, 0) is 14.3 Å². The van der Waals surface area contributed by atoms with Crippen molar-refractivity contribution in [2.24, 2.45) is 11.8 Å². The van der Waals surface area contributed by atoms with Gasteiger partial charge in [0, 0.05) is 12.0 Å². The van der Waals surface area contributed by atoms with Gasteiger partial charge in [0.15, 0.2) is 0 Å². The zero-order chi connectivity index (χ0) is 14.5. The summed E-state index contributed by atoms with van der Waals surface area (Å²) in [4.78, 5) is 24.0. The van der Waals surface area contributed by atoms with Crippen molar-refractivity contribution in [3.63, 3.8) is 0 Å². The summed E-state index contributed by atoms with van der Waals surface area (Å²) in [7, 11) is 1.39. The van der Waals surface area contributed by atoms with E-state index < -0.39 is 6.17 Å². The molecule has 0 aromatic rings. The van der Waals surface area contributed by atoms with Crippen LogP contribution in [0.3, 0.4) is 0 Å². The summed E-state index contributed by atoms with van der Waals surface area (Å²) >= 11 is 0. The summed E-state index contributed by atoms with van der Waals surface area (Å²) in [6.45, 7) is 0. The van der Waals surface area contributed by atoms with Crippen molar-refractivity contribution in [3.8, 4) is 0 Å². The molecule has 2 atom stereocenters. The Kier molecular flexibility index (Phi) is 5.38. The van der Waals surface area contributed by atoms with E-state index in [1.54, 1.807) is 0 Å². The molecule has 0 aromatic carbocycles. The van der Waals surface area contributed by atoms with Crippen LogP contribution < -0.4 is 5.32 Å². The molecule has 2 fully saturated rings. The molecule has 2 aliphatic carbocycles. The molecule has 0 bridgehead atoms. The van der Waals surface area contributed by atoms with Crippen LogP contribution in [0.2, 0.25) is 0 Å². The molecular weight excluding hydrogens is 261 g/mol. The molecule has 0 aromatic heterocycles. The SMILES string of the molecule is COC(=O)C1CCCCC1NC(=O)C1CCC(F)CC1. The molecule has 0 saturated heterocycles. The average Bonchev–Trinajstić information content (AvgIpc) is 2.47. The van der Waals surface area contributed by atoms with Gasteiger partial charge in [-0.2, -0.15) is 0 Å². The van der Waals surface area contributed by atoms with Crippen LogP contribution in [0, 0.1) is 11.8 Å². The minimum atomic E-state index is -0.753. The van der Waals surface area contributed by atoms with Crippen molar-refractivity contribution >= 4 is 11.9 Å². The second kappa shape index (κ2) is 7.04. The summed E-state index contributed by atoms with van der Waals surface area (Å²) in [5.41, 5.74) is 0. The molecule has 1 N–H and O–H groups in total. The van der Waals surface area contributed by atoms with Crippen LogP contribution in [0.5, 0.6) is 0 Å². The van der Waals surface area contributed by atoms with Gasteiger partial charge in [-0.05, 0) is 38.5 Å². The van der Waals surface area contributed by atoms with Gasteiger partial charge >= 0.3 is 5.97 Å². The number of carbonyl (C=O) groups excluding carboxylic acids is 2. The quantitative estimate of drug-likeness (QED) is 0.810. The molecule has 0 radical (unpaired) electrons. The monoisotopic (exact) mass is 285 g/mol. The van der Waals surface area contributed by atoms with Gasteiger partial charge in [0.05, 0.1) is 13.0 Å². The first-order chi connectivity index (χ1) is 9.61. The molecule has 5 heteroatoms. The first kappa shape index (κ1) is 15.3. The Morgan fingerprint density at radius 3 is 2.35 bits per heavy atom. The molecule has 2 rings (SSSR count). The predicted octanol–water partition coefficient (Wildman–Crippen LogP) is 2.36. The molecule has 114 valence electrons. The van der Waals surface area contributed by atoms with E-state index in [-0.39, 0.29) is 29.8 Å². The van der Waals surface area contributed by atoms with Gasteiger partial charge in [-0.25, -0.2) is 4.39 Å². The van der Waals surface area contributed by atoms with Crippen LogP contribution in [0.4, 0.5) is 4.39 Å². The van der Waals surface area contributed by atoms with Crippen molar-refractivity contribution in [2.45, 2.75) is 63.6 Å². The largest absolute Gasteiger partial charge is 0.469 e. The van der Waals surface area contributed by atoms with Crippen LogP contribution in [-0.4, -0.2) is 31.2 Å². The van der Waals surface area contributed by atoms with Gasteiger partial charge in [-0.15, -0.1) is 0 Å². The highest BCUT2D eigenvalue weighted by atomic mass is 19.1. The number of ether oxygens (including phenoxy) is 1.